The van der Waals surface area contributed by atoms with E-state index in [1.54, 1.807) is 0 Å². The molecule has 0 aromatic rings. The normalized spacial score (nSPS) is 28.8. The van der Waals surface area contributed by atoms with Crippen LogP contribution in [0.15, 0.2) is 12.8 Å². The third-order valence-corrected chi connectivity index (χ3v) is 2.86. The van der Waals surface area contributed by atoms with Gasteiger partial charge in [0, 0.05) is 6.04 Å². The van der Waals surface area contributed by atoms with E-state index in [9.17, 15) is 0 Å². The molecule has 1 fully saturated rings. The van der Waals surface area contributed by atoms with Crippen LogP contribution in [0, 0.1) is 11.3 Å². The zero-order chi connectivity index (χ0) is 9.90. The highest BCUT2D eigenvalue weighted by Gasteiger charge is 2.32. The Morgan fingerprint density at radius 1 is 1.54 bits per heavy atom. The lowest BCUT2D eigenvalue weighted by Gasteiger charge is -2.26. The molecule has 0 spiro atoms. The SMILES string of the molecule is C=COCC1CC(C(C)(C)C)CN1. The van der Waals surface area contributed by atoms with E-state index in [1.165, 1.54) is 12.7 Å². The highest BCUT2D eigenvalue weighted by Crippen LogP contribution is 2.32. The molecular formula is C11H21NO. The van der Waals surface area contributed by atoms with Crippen LogP contribution < -0.4 is 5.32 Å². The van der Waals surface area contributed by atoms with Crippen molar-refractivity contribution >= 4 is 0 Å². The molecular weight excluding hydrogens is 162 g/mol. The lowest BCUT2D eigenvalue weighted by Crippen LogP contribution is -2.26. The van der Waals surface area contributed by atoms with Crippen LogP contribution in [-0.2, 0) is 4.74 Å². The molecule has 1 aliphatic rings. The third-order valence-electron chi connectivity index (χ3n) is 2.86. The second-order valence-electron chi connectivity index (χ2n) is 4.90. The van der Waals surface area contributed by atoms with E-state index in [0.29, 0.717) is 11.5 Å². The van der Waals surface area contributed by atoms with Crippen molar-refractivity contribution in [1.82, 2.24) is 5.32 Å². The fourth-order valence-corrected chi connectivity index (χ4v) is 1.79. The minimum atomic E-state index is 0.413. The van der Waals surface area contributed by atoms with E-state index in [-0.39, 0.29) is 0 Å². The first-order valence-corrected chi connectivity index (χ1v) is 5.00. The molecule has 1 heterocycles. The van der Waals surface area contributed by atoms with Gasteiger partial charge in [-0.3, -0.25) is 0 Å². The summed E-state index contributed by atoms with van der Waals surface area (Å²) in [6.07, 6.45) is 2.74. The van der Waals surface area contributed by atoms with E-state index < -0.39 is 0 Å². The lowest BCUT2D eigenvalue weighted by molar-refractivity contribution is 0.206. The summed E-state index contributed by atoms with van der Waals surface area (Å²) >= 11 is 0. The fraction of sp³-hybridized carbons (Fsp3) is 0.818. The quantitative estimate of drug-likeness (QED) is 0.677. The summed E-state index contributed by atoms with van der Waals surface area (Å²) in [5.74, 6) is 0.769. The van der Waals surface area contributed by atoms with Crippen molar-refractivity contribution in [2.45, 2.75) is 33.2 Å². The summed E-state index contributed by atoms with van der Waals surface area (Å²) in [5.41, 5.74) is 0.413. The Morgan fingerprint density at radius 3 is 2.69 bits per heavy atom. The maximum Gasteiger partial charge on any atom is 0.103 e. The smallest absolute Gasteiger partial charge is 0.103 e. The van der Waals surface area contributed by atoms with Crippen LogP contribution >= 0.6 is 0 Å². The molecule has 1 aliphatic heterocycles. The van der Waals surface area contributed by atoms with Crippen LogP contribution in [0.2, 0.25) is 0 Å². The highest BCUT2D eigenvalue weighted by molar-refractivity contribution is 4.87. The molecule has 13 heavy (non-hydrogen) atoms. The van der Waals surface area contributed by atoms with Gasteiger partial charge in [-0.2, -0.15) is 0 Å². The minimum Gasteiger partial charge on any atom is -0.500 e. The molecule has 2 heteroatoms. The Balaban J connectivity index is 2.32. The van der Waals surface area contributed by atoms with Crippen molar-refractivity contribution in [2.24, 2.45) is 11.3 Å². The fourth-order valence-electron chi connectivity index (χ4n) is 1.79. The van der Waals surface area contributed by atoms with Gasteiger partial charge in [0.1, 0.15) is 6.61 Å². The van der Waals surface area contributed by atoms with Gasteiger partial charge >= 0.3 is 0 Å². The van der Waals surface area contributed by atoms with Gasteiger partial charge in [0.05, 0.1) is 6.26 Å². The van der Waals surface area contributed by atoms with Crippen molar-refractivity contribution in [1.29, 1.82) is 0 Å². The maximum absolute atomic E-state index is 5.18. The highest BCUT2D eigenvalue weighted by atomic mass is 16.5. The topological polar surface area (TPSA) is 21.3 Å². The van der Waals surface area contributed by atoms with Gasteiger partial charge in [0.2, 0.25) is 0 Å². The van der Waals surface area contributed by atoms with Crippen molar-refractivity contribution in [3.63, 3.8) is 0 Å². The zero-order valence-corrected chi connectivity index (χ0v) is 8.97. The molecule has 0 bridgehead atoms. The first-order chi connectivity index (χ1) is 6.04. The Morgan fingerprint density at radius 2 is 2.23 bits per heavy atom. The molecule has 0 amide bonds. The van der Waals surface area contributed by atoms with E-state index in [0.717, 1.165) is 19.1 Å². The van der Waals surface area contributed by atoms with Crippen molar-refractivity contribution in [3.8, 4) is 0 Å². The number of ether oxygens (including phenoxy) is 1. The first-order valence-electron chi connectivity index (χ1n) is 5.00. The molecule has 1 N–H and O–H groups in total. The Bertz CT molecular complexity index is 171. The number of nitrogens with one attached hydrogen (secondary N) is 1. The zero-order valence-electron chi connectivity index (χ0n) is 8.97. The molecule has 76 valence electrons. The average molecular weight is 183 g/mol. The van der Waals surface area contributed by atoms with Crippen molar-refractivity contribution < 1.29 is 4.74 Å². The minimum absolute atomic E-state index is 0.413. The average Bonchev–Trinajstić information content (AvgIpc) is 2.47. The molecule has 0 saturated carbocycles. The summed E-state index contributed by atoms with van der Waals surface area (Å²) in [5, 5.41) is 3.48. The summed E-state index contributed by atoms with van der Waals surface area (Å²) in [4.78, 5) is 0. The van der Waals surface area contributed by atoms with Gasteiger partial charge in [-0.15, -0.1) is 0 Å². The number of hydrogen-bond acceptors (Lipinski definition) is 2. The van der Waals surface area contributed by atoms with Crippen LogP contribution in [0.5, 0.6) is 0 Å². The third kappa shape index (κ3) is 3.03. The molecule has 2 nitrogen and oxygen atoms in total. The van der Waals surface area contributed by atoms with Crippen molar-refractivity contribution in [3.05, 3.63) is 12.8 Å². The first kappa shape index (κ1) is 10.6. The molecule has 0 aromatic heterocycles. The molecule has 2 unspecified atom stereocenters. The predicted octanol–water partition coefficient (Wildman–Crippen LogP) is 2.17. The van der Waals surface area contributed by atoms with E-state index in [4.69, 9.17) is 4.74 Å². The molecule has 0 aromatic carbocycles. The van der Waals surface area contributed by atoms with E-state index in [2.05, 4.69) is 32.7 Å². The Hall–Kier alpha value is -0.500. The van der Waals surface area contributed by atoms with Gasteiger partial charge in [-0.25, -0.2) is 0 Å². The van der Waals surface area contributed by atoms with Gasteiger partial charge in [0.15, 0.2) is 0 Å². The monoisotopic (exact) mass is 183 g/mol. The molecule has 1 saturated heterocycles. The van der Waals surface area contributed by atoms with Crippen LogP contribution in [-0.4, -0.2) is 19.2 Å². The number of rotatable bonds is 3. The molecule has 2 atom stereocenters. The number of hydrogen-bond donors (Lipinski definition) is 1. The maximum atomic E-state index is 5.18. The largest absolute Gasteiger partial charge is 0.500 e. The van der Waals surface area contributed by atoms with Crippen molar-refractivity contribution in [2.75, 3.05) is 13.2 Å². The summed E-state index contributed by atoms with van der Waals surface area (Å²) in [7, 11) is 0. The van der Waals surface area contributed by atoms with Crippen LogP contribution in [0.25, 0.3) is 0 Å². The van der Waals surface area contributed by atoms with Crippen LogP contribution in [0.4, 0.5) is 0 Å². The summed E-state index contributed by atoms with van der Waals surface area (Å²) in [6.45, 7) is 12.3. The van der Waals surface area contributed by atoms with Crippen LogP contribution in [0.3, 0.4) is 0 Å². The summed E-state index contributed by atoms with van der Waals surface area (Å²) < 4.78 is 5.18. The Labute approximate surface area is 81.4 Å². The summed E-state index contributed by atoms with van der Waals surface area (Å²) in [6, 6.07) is 0.516. The van der Waals surface area contributed by atoms with Gasteiger partial charge in [-0.1, -0.05) is 27.4 Å². The molecule has 0 radical (unpaired) electrons. The standard InChI is InChI=1S/C11H21NO/c1-5-13-8-10-6-9(7-12-10)11(2,3)4/h5,9-10,12H,1,6-8H2,2-4H3. The van der Waals surface area contributed by atoms with E-state index >= 15 is 0 Å². The van der Waals surface area contributed by atoms with Crippen LogP contribution in [0.1, 0.15) is 27.2 Å². The lowest BCUT2D eigenvalue weighted by atomic mass is 9.79. The second-order valence-corrected chi connectivity index (χ2v) is 4.90. The van der Waals surface area contributed by atoms with Gasteiger partial charge in [0.25, 0.3) is 0 Å². The second kappa shape index (κ2) is 4.14. The molecule has 0 aliphatic carbocycles. The molecule has 1 rings (SSSR count). The Kier molecular flexibility index (Phi) is 3.37. The van der Waals surface area contributed by atoms with Gasteiger partial charge < -0.3 is 10.1 Å². The van der Waals surface area contributed by atoms with Gasteiger partial charge in [-0.05, 0) is 24.3 Å². The predicted molar refractivity (Wildman–Crippen MR) is 55.5 cm³/mol. The van der Waals surface area contributed by atoms with E-state index in [1.807, 2.05) is 0 Å².